The maximum atomic E-state index is 12.0. The summed E-state index contributed by atoms with van der Waals surface area (Å²) in [6, 6.07) is 1.80. The first-order valence-corrected chi connectivity index (χ1v) is 5.68. The van der Waals surface area contributed by atoms with Crippen LogP contribution in [0.4, 0.5) is 0 Å². The second kappa shape index (κ2) is 4.08. The summed E-state index contributed by atoms with van der Waals surface area (Å²) < 4.78 is 5.00. The number of amides is 1. The van der Waals surface area contributed by atoms with Crippen LogP contribution < -0.4 is 5.32 Å². The number of carbonyl (C=O) groups excluding carboxylic acids is 1. The minimum atomic E-state index is -0.0816. The highest BCUT2D eigenvalue weighted by Crippen LogP contribution is 2.28. The largest absolute Gasteiger partial charge is 0.472 e. The van der Waals surface area contributed by atoms with Gasteiger partial charge in [0.25, 0.3) is 5.91 Å². The lowest BCUT2D eigenvalue weighted by Crippen LogP contribution is -2.25. The summed E-state index contributed by atoms with van der Waals surface area (Å²) in [6.07, 6.45) is 7.15. The Morgan fingerprint density at radius 3 is 3.18 bits per heavy atom. The Bertz CT molecular complexity index is 512. The molecule has 2 aromatic heterocycles. The van der Waals surface area contributed by atoms with Crippen LogP contribution >= 0.6 is 0 Å². The predicted octanol–water partition coefficient (Wildman–Crippen LogP) is 1.81. The van der Waals surface area contributed by atoms with Gasteiger partial charge in [0.1, 0.15) is 0 Å². The third-order valence-electron chi connectivity index (χ3n) is 2.94. The lowest BCUT2D eigenvalue weighted by atomic mass is 10.1. The molecule has 0 bridgehead atoms. The Kier molecular flexibility index (Phi) is 2.44. The molecule has 1 amide bonds. The van der Waals surface area contributed by atoms with Crippen LogP contribution in [0.2, 0.25) is 0 Å². The van der Waals surface area contributed by atoms with Crippen molar-refractivity contribution in [1.82, 2.24) is 15.5 Å². The number of aromatic amines is 1. The molecule has 0 spiro atoms. The van der Waals surface area contributed by atoms with Gasteiger partial charge in [-0.15, -0.1) is 0 Å². The predicted molar refractivity (Wildman–Crippen MR) is 61.3 cm³/mol. The zero-order valence-electron chi connectivity index (χ0n) is 9.27. The molecule has 0 atom stereocenters. The van der Waals surface area contributed by atoms with Gasteiger partial charge < -0.3 is 9.73 Å². The molecule has 2 aromatic rings. The van der Waals surface area contributed by atoms with Gasteiger partial charge in [-0.05, 0) is 24.8 Å². The quantitative estimate of drug-likeness (QED) is 0.843. The second-order valence-corrected chi connectivity index (χ2v) is 4.32. The maximum absolute atomic E-state index is 12.0. The summed E-state index contributed by atoms with van der Waals surface area (Å²) in [5, 5.41) is 9.66. The van der Waals surface area contributed by atoms with Crippen LogP contribution in [0, 0.1) is 5.92 Å². The van der Waals surface area contributed by atoms with Crippen LogP contribution in [-0.2, 0) is 0 Å². The number of nitrogens with one attached hydrogen (secondary N) is 2. The zero-order valence-corrected chi connectivity index (χ0v) is 9.27. The van der Waals surface area contributed by atoms with E-state index in [1.807, 2.05) is 0 Å². The molecule has 1 aliphatic rings. The average Bonchev–Trinajstić information content (AvgIpc) is 2.84. The van der Waals surface area contributed by atoms with Crippen LogP contribution in [0.25, 0.3) is 11.3 Å². The molecule has 5 nitrogen and oxygen atoms in total. The molecular weight excluding hydrogens is 218 g/mol. The van der Waals surface area contributed by atoms with Crippen molar-refractivity contribution in [2.75, 3.05) is 6.54 Å². The van der Waals surface area contributed by atoms with E-state index in [4.69, 9.17) is 4.42 Å². The topological polar surface area (TPSA) is 70.9 Å². The van der Waals surface area contributed by atoms with Gasteiger partial charge in [0.15, 0.2) is 0 Å². The van der Waals surface area contributed by atoms with Crippen molar-refractivity contribution in [3.63, 3.8) is 0 Å². The van der Waals surface area contributed by atoms with E-state index in [0.29, 0.717) is 17.2 Å². The summed E-state index contributed by atoms with van der Waals surface area (Å²) in [7, 11) is 0. The molecule has 0 saturated heterocycles. The molecule has 17 heavy (non-hydrogen) atoms. The normalized spacial score (nSPS) is 14.8. The fraction of sp³-hybridized carbons (Fsp3) is 0.333. The molecule has 2 N–H and O–H groups in total. The fourth-order valence-corrected chi connectivity index (χ4v) is 1.74. The molecular formula is C12H13N3O2. The molecule has 1 saturated carbocycles. The number of hydrogen-bond donors (Lipinski definition) is 2. The number of furan rings is 1. The van der Waals surface area contributed by atoms with Crippen LogP contribution in [0.1, 0.15) is 23.2 Å². The molecule has 3 rings (SSSR count). The van der Waals surface area contributed by atoms with Gasteiger partial charge in [-0.2, -0.15) is 5.10 Å². The second-order valence-electron chi connectivity index (χ2n) is 4.32. The summed E-state index contributed by atoms with van der Waals surface area (Å²) >= 11 is 0. The number of carbonyl (C=O) groups is 1. The third-order valence-corrected chi connectivity index (χ3v) is 2.94. The Morgan fingerprint density at radius 1 is 1.59 bits per heavy atom. The van der Waals surface area contributed by atoms with Gasteiger partial charge in [-0.1, -0.05) is 0 Å². The van der Waals surface area contributed by atoms with E-state index in [0.717, 1.165) is 12.1 Å². The SMILES string of the molecule is O=C(NCC1CC1)c1cn[nH]c1-c1ccoc1. The summed E-state index contributed by atoms with van der Waals surface area (Å²) in [5.74, 6) is 0.588. The van der Waals surface area contributed by atoms with Crippen LogP contribution in [0.5, 0.6) is 0 Å². The maximum Gasteiger partial charge on any atom is 0.255 e. The molecule has 0 aliphatic heterocycles. The van der Waals surface area contributed by atoms with Gasteiger partial charge in [0, 0.05) is 12.1 Å². The van der Waals surface area contributed by atoms with E-state index in [1.165, 1.54) is 12.8 Å². The Morgan fingerprint density at radius 2 is 2.47 bits per heavy atom. The lowest BCUT2D eigenvalue weighted by molar-refractivity contribution is 0.0952. The van der Waals surface area contributed by atoms with Crippen LogP contribution in [0.3, 0.4) is 0 Å². The highest BCUT2D eigenvalue weighted by atomic mass is 16.3. The third kappa shape index (κ3) is 2.08. The molecule has 5 heteroatoms. The highest BCUT2D eigenvalue weighted by Gasteiger charge is 2.23. The van der Waals surface area contributed by atoms with Gasteiger partial charge in [0.2, 0.25) is 0 Å². The minimum absolute atomic E-state index is 0.0816. The highest BCUT2D eigenvalue weighted by molar-refractivity contribution is 5.99. The first kappa shape index (κ1) is 10.1. The van der Waals surface area contributed by atoms with Gasteiger partial charge in [0.05, 0.1) is 30.0 Å². The van der Waals surface area contributed by atoms with Gasteiger partial charge in [-0.25, -0.2) is 0 Å². The Balaban J connectivity index is 1.77. The van der Waals surface area contributed by atoms with E-state index < -0.39 is 0 Å². The lowest BCUT2D eigenvalue weighted by Gasteiger charge is -2.03. The van der Waals surface area contributed by atoms with Crippen molar-refractivity contribution in [1.29, 1.82) is 0 Å². The van der Waals surface area contributed by atoms with E-state index in [2.05, 4.69) is 15.5 Å². The van der Waals surface area contributed by atoms with Crippen LogP contribution in [-0.4, -0.2) is 22.6 Å². The Labute approximate surface area is 98.2 Å². The van der Waals surface area contributed by atoms with Crippen molar-refractivity contribution >= 4 is 5.91 Å². The number of aromatic nitrogens is 2. The molecule has 0 unspecified atom stereocenters. The van der Waals surface area contributed by atoms with Crippen molar-refractivity contribution < 1.29 is 9.21 Å². The Hall–Kier alpha value is -2.04. The van der Waals surface area contributed by atoms with Crippen molar-refractivity contribution in [2.24, 2.45) is 5.92 Å². The number of H-pyrrole nitrogens is 1. The van der Waals surface area contributed by atoms with E-state index >= 15 is 0 Å². The van der Waals surface area contributed by atoms with E-state index in [1.54, 1.807) is 24.8 Å². The van der Waals surface area contributed by atoms with Gasteiger partial charge in [-0.3, -0.25) is 9.89 Å². The molecule has 1 fully saturated rings. The standard InChI is InChI=1S/C12H13N3O2/c16-12(13-5-8-1-2-8)10-6-14-15-11(10)9-3-4-17-7-9/h3-4,6-8H,1-2,5H2,(H,13,16)(H,14,15). The fourth-order valence-electron chi connectivity index (χ4n) is 1.74. The monoisotopic (exact) mass is 231 g/mol. The summed E-state index contributed by atoms with van der Waals surface area (Å²) in [6.45, 7) is 0.759. The molecule has 2 heterocycles. The van der Waals surface area contributed by atoms with Crippen molar-refractivity contribution in [3.05, 3.63) is 30.4 Å². The van der Waals surface area contributed by atoms with E-state index in [-0.39, 0.29) is 5.91 Å². The van der Waals surface area contributed by atoms with Crippen molar-refractivity contribution in [2.45, 2.75) is 12.8 Å². The number of nitrogens with zero attached hydrogens (tertiary/aromatic N) is 1. The molecule has 88 valence electrons. The zero-order chi connectivity index (χ0) is 11.7. The van der Waals surface area contributed by atoms with Crippen LogP contribution in [0.15, 0.2) is 29.2 Å². The average molecular weight is 231 g/mol. The minimum Gasteiger partial charge on any atom is -0.472 e. The smallest absolute Gasteiger partial charge is 0.255 e. The van der Waals surface area contributed by atoms with Crippen molar-refractivity contribution in [3.8, 4) is 11.3 Å². The first-order chi connectivity index (χ1) is 8.34. The molecule has 0 radical (unpaired) electrons. The molecule has 1 aliphatic carbocycles. The first-order valence-electron chi connectivity index (χ1n) is 5.68. The summed E-state index contributed by atoms with van der Waals surface area (Å²) in [4.78, 5) is 12.0. The summed E-state index contributed by atoms with van der Waals surface area (Å²) in [5.41, 5.74) is 2.10. The van der Waals surface area contributed by atoms with Gasteiger partial charge >= 0.3 is 0 Å². The van der Waals surface area contributed by atoms with E-state index in [9.17, 15) is 4.79 Å². The molecule has 0 aromatic carbocycles. The number of rotatable bonds is 4. The number of hydrogen-bond acceptors (Lipinski definition) is 3.